The Bertz CT molecular complexity index is 1120. The molecule has 0 spiro atoms. The molecule has 31 heavy (non-hydrogen) atoms. The van der Waals surface area contributed by atoms with Crippen LogP contribution in [0.15, 0.2) is 45.6 Å². The summed E-state index contributed by atoms with van der Waals surface area (Å²) in [6.07, 6.45) is 0. The summed E-state index contributed by atoms with van der Waals surface area (Å²) in [5.41, 5.74) is 1.53. The van der Waals surface area contributed by atoms with E-state index in [1.54, 1.807) is 50.6 Å². The summed E-state index contributed by atoms with van der Waals surface area (Å²) in [4.78, 5) is 14.9. The highest BCUT2D eigenvalue weighted by molar-refractivity contribution is 5.86. The predicted molar refractivity (Wildman–Crippen MR) is 115 cm³/mol. The van der Waals surface area contributed by atoms with Crippen molar-refractivity contribution in [3.63, 3.8) is 0 Å². The van der Waals surface area contributed by atoms with Crippen molar-refractivity contribution in [3.8, 4) is 28.4 Å². The van der Waals surface area contributed by atoms with Crippen LogP contribution in [-0.2, 0) is 16.0 Å². The fourth-order valence-corrected chi connectivity index (χ4v) is 3.58. The van der Waals surface area contributed by atoms with E-state index >= 15 is 0 Å². The molecular formula is C23H25NO7. The van der Waals surface area contributed by atoms with Gasteiger partial charge in [-0.3, -0.25) is 4.90 Å². The predicted octanol–water partition coefficient (Wildman–Crippen LogP) is 2.99. The second-order valence-corrected chi connectivity index (χ2v) is 7.26. The molecule has 2 aromatic carbocycles. The molecule has 3 aromatic rings. The zero-order valence-corrected chi connectivity index (χ0v) is 17.6. The number of fused-ring (bicyclic) bond motifs is 2. The summed E-state index contributed by atoms with van der Waals surface area (Å²) >= 11 is 0. The largest absolute Gasteiger partial charge is 0.507 e. The van der Waals surface area contributed by atoms with Crippen LogP contribution in [0.1, 0.15) is 5.56 Å². The quantitative estimate of drug-likeness (QED) is 0.521. The maximum absolute atomic E-state index is 12.9. The standard InChI is InChI=1S/C23H25NO7/c1-27-9-7-24(8-10-28-2)13-18-19(25)5-3-16-11-17(23(26)31-22(16)18)15-4-6-20-21(12-15)30-14-29-20/h3-6,11-12,25H,7-10,13-14H2,1-2H3. The minimum Gasteiger partial charge on any atom is -0.507 e. The maximum atomic E-state index is 12.9. The van der Waals surface area contributed by atoms with Gasteiger partial charge in [0, 0.05) is 39.2 Å². The van der Waals surface area contributed by atoms with Crippen LogP contribution in [0.2, 0.25) is 0 Å². The molecular weight excluding hydrogens is 402 g/mol. The number of ether oxygens (including phenoxy) is 4. The van der Waals surface area contributed by atoms with Gasteiger partial charge in [0.25, 0.3) is 0 Å². The topological polar surface area (TPSA) is 90.6 Å². The van der Waals surface area contributed by atoms with Crippen molar-refractivity contribution in [1.82, 2.24) is 4.90 Å². The fraction of sp³-hybridized carbons (Fsp3) is 0.348. The van der Waals surface area contributed by atoms with Crippen molar-refractivity contribution >= 4 is 11.0 Å². The summed E-state index contributed by atoms with van der Waals surface area (Å²) in [5, 5.41) is 11.2. The number of nitrogens with zero attached hydrogens (tertiary/aromatic N) is 1. The first-order valence-corrected chi connectivity index (χ1v) is 9.99. The number of benzene rings is 2. The molecule has 1 aliphatic rings. The number of phenolic OH excluding ortho intramolecular Hbond substituents is 1. The van der Waals surface area contributed by atoms with Gasteiger partial charge >= 0.3 is 5.63 Å². The Morgan fingerprint density at radius 2 is 1.74 bits per heavy atom. The third-order valence-electron chi connectivity index (χ3n) is 5.27. The summed E-state index contributed by atoms with van der Waals surface area (Å²) in [6.45, 7) is 2.92. The van der Waals surface area contributed by atoms with Crippen molar-refractivity contribution in [2.45, 2.75) is 6.54 Å². The molecule has 2 heterocycles. The Morgan fingerprint density at radius 3 is 2.48 bits per heavy atom. The second-order valence-electron chi connectivity index (χ2n) is 7.26. The lowest BCUT2D eigenvalue weighted by molar-refractivity contribution is 0.110. The molecule has 1 aromatic heterocycles. The molecule has 0 saturated heterocycles. The van der Waals surface area contributed by atoms with Crippen LogP contribution >= 0.6 is 0 Å². The molecule has 4 rings (SSSR count). The van der Waals surface area contributed by atoms with Crippen LogP contribution in [-0.4, -0.2) is 57.3 Å². The first-order valence-electron chi connectivity index (χ1n) is 9.99. The van der Waals surface area contributed by atoms with E-state index in [4.69, 9.17) is 23.4 Å². The van der Waals surface area contributed by atoms with E-state index in [9.17, 15) is 9.90 Å². The third-order valence-corrected chi connectivity index (χ3v) is 5.27. The Kier molecular flexibility index (Phi) is 6.41. The van der Waals surface area contributed by atoms with Gasteiger partial charge in [-0.15, -0.1) is 0 Å². The number of phenols is 1. The van der Waals surface area contributed by atoms with Crippen LogP contribution in [0.5, 0.6) is 17.2 Å². The van der Waals surface area contributed by atoms with Gasteiger partial charge in [0.15, 0.2) is 11.5 Å². The molecule has 0 radical (unpaired) electrons. The summed E-state index contributed by atoms with van der Waals surface area (Å²) < 4.78 is 26.8. The average molecular weight is 427 g/mol. The number of rotatable bonds is 9. The highest BCUT2D eigenvalue weighted by Crippen LogP contribution is 2.36. The molecule has 8 heteroatoms. The SMILES string of the molecule is COCCN(CCOC)Cc1c(O)ccc2cc(-c3ccc4c(c3)OCO4)c(=O)oc12. The highest BCUT2D eigenvalue weighted by Gasteiger charge is 2.19. The summed E-state index contributed by atoms with van der Waals surface area (Å²) in [6, 6.07) is 10.5. The minimum atomic E-state index is -0.487. The van der Waals surface area contributed by atoms with E-state index in [2.05, 4.69) is 4.90 Å². The molecule has 0 atom stereocenters. The summed E-state index contributed by atoms with van der Waals surface area (Å²) in [7, 11) is 3.28. The highest BCUT2D eigenvalue weighted by atomic mass is 16.7. The van der Waals surface area contributed by atoms with E-state index < -0.39 is 5.63 Å². The number of methoxy groups -OCH3 is 2. The Hall–Kier alpha value is -3.07. The second kappa shape index (κ2) is 9.38. The molecule has 164 valence electrons. The van der Waals surface area contributed by atoms with Crippen molar-refractivity contribution in [3.05, 3.63) is 52.4 Å². The lowest BCUT2D eigenvalue weighted by Crippen LogP contribution is -2.30. The first kappa shape index (κ1) is 21.2. The van der Waals surface area contributed by atoms with Crippen molar-refractivity contribution in [2.24, 2.45) is 0 Å². The third kappa shape index (κ3) is 4.51. The van der Waals surface area contributed by atoms with E-state index in [1.165, 1.54) is 0 Å². The summed E-state index contributed by atoms with van der Waals surface area (Å²) in [5.74, 6) is 1.31. The van der Waals surface area contributed by atoms with Gasteiger partial charge in [-0.1, -0.05) is 6.07 Å². The van der Waals surface area contributed by atoms with Crippen LogP contribution in [0.4, 0.5) is 0 Å². The monoisotopic (exact) mass is 427 g/mol. The number of hydrogen-bond acceptors (Lipinski definition) is 8. The normalized spacial score (nSPS) is 12.7. The Morgan fingerprint density at radius 1 is 1.00 bits per heavy atom. The molecule has 0 amide bonds. The van der Waals surface area contributed by atoms with Crippen molar-refractivity contribution in [1.29, 1.82) is 0 Å². The van der Waals surface area contributed by atoms with E-state index in [0.29, 0.717) is 66.6 Å². The van der Waals surface area contributed by atoms with Crippen LogP contribution < -0.4 is 15.1 Å². The molecule has 0 bridgehead atoms. The average Bonchev–Trinajstić information content (AvgIpc) is 3.25. The smallest absolute Gasteiger partial charge is 0.344 e. The lowest BCUT2D eigenvalue weighted by Gasteiger charge is -2.22. The van der Waals surface area contributed by atoms with E-state index in [0.717, 1.165) is 5.39 Å². The fourth-order valence-electron chi connectivity index (χ4n) is 3.58. The first-order chi connectivity index (χ1) is 15.1. The Balaban J connectivity index is 1.71. The van der Waals surface area contributed by atoms with Gasteiger partial charge in [0.05, 0.1) is 24.3 Å². The maximum Gasteiger partial charge on any atom is 0.344 e. The van der Waals surface area contributed by atoms with Gasteiger partial charge in [0.2, 0.25) is 6.79 Å². The van der Waals surface area contributed by atoms with Crippen LogP contribution in [0, 0.1) is 0 Å². The number of aromatic hydroxyl groups is 1. The van der Waals surface area contributed by atoms with Gasteiger partial charge in [0.1, 0.15) is 11.3 Å². The lowest BCUT2D eigenvalue weighted by atomic mass is 10.0. The molecule has 0 fully saturated rings. The minimum absolute atomic E-state index is 0.0753. The van der Waals surface area contributed by atoms with Gasteiger partial charge in [-0.2, -0.15) is 0 Å². The zero-order chi connectivity index (χ0) is 21.8. The van der Waals surface area contributed by atoms with Crippen LogP contribution in [0.3, 0.4) is 0 Å². The Labute approximate surface area is 179 Å². The van der Waals surface area contributed by atoms with Gasteiger partial charge < -0.3 is 28.5 Å². The van der Waals surface area contributed by atoms with E-state index in [-0.39, 0.29) is 12.5 Å². The molecule has 0 aliphatic carbocycles. The molecule has 0 saturated carbocycles. The zero-order valence-electron chi connectivity index (χ0n) is 17.6. The molecule has 0 unspecified atom stereocenters. The number of hydrogen-bond donors (Lipinski definition) is 1. The van der Waals surface area contributed by atoms with Gasteiger partial charge in [-0.05, 0) is 35.9 Å². The molecule has 8 nitrogen and oxygen atoms in total. The molecule has 1 aliphatic heterocycles. The van der Waals surface area contributed by atoms with Crippen molar-refractivity contribution < 1.29 is 28.5 Å². The van der Waals surface area contributed by atoms with Crippen LogP contribution in [0.25, 0.3) is 22.1 Å². The van der Waals surface area contributed by atoms with Gasteiger partial charge in [-0.25, -0.2) is 4.79 Å². The molecule has 1 N–H and O–H groups in total. The van der Waals surface area contributed by atoms with E-state index in [1.807, 2.05) is 0 Å². The van der Waals surface area contributed by atoms with Crippen molar-refractivity contribution in [2.75, 3.05) is 47.3 Å².